The summed E-state index contributed by atoms with van der Waals surface area (Å²) in [5.74, 6) is 2.54. The number of hydrogen-bond acceptors (Lipinski definition) is 6. The number of nitrogens with one attached hydrogen (secondary N) is 2. The smallest absolute Gasteiger partial charge is 0.163 e. The molecule has 2 aromatic heterocycles. The van der Waals surface area contributed by atoms with Crippen molar-refractivity contribution in [2.75, 3.05) is 24.5 Å². The van der Waals surface area contributed by atoms with Gasteiger partial charge in [0.15, 0.2) is 5.82 Å². The van der Waals surface area contributed by atoms with Crippen LogP contribution < -0.4 is 15.8 Å². The molecule has 2 aliphatic heterocycles. The molecule has 0 radical (unpaired) electrons. The van der Waals surface area contributed by atoms with Crippen LogP contribution in [0.25, 0.3) is 22.3 Å². The molecule has 6 nitrogen and oxygen atoms in total. The molecular formula is C21H24N6. The van der Waals surface area contributed by atoms with Crippen LogP contribution in [0.15, 0.2) is 48.8 Å². The molecule has 0 aliphatic carbocycles. The lowest BCUT2D eigenvalue weighted by atomic mass is 9.88. The highest BCUT2D eigenvalue weighted by molar-refractivity contribution is 5.91. The van der Waals surface area contributed by atoms with Gasteiger partial charge >= 0.3 is 0 Å². The van der Waals surface area contributed by atoms with Crippen LogP contribution in [0, 0.1) is 5.92 Å². The summed E-state index contributed by atoms with van der Waals surface area (Å²) >= 11 is 0. The van der Waals surface area contributed by atoms with E-state index in [2.05, 4.69) is 38.9 Å². The summed E-state index contributed by atoms with van der Waals surface area (Å²) in [6.07, 6.45) is 7.23. The van der Waals surface area contributed by atoms with Gasteiger partial charge < -0.3 is 4.90 Å². The maximum atomic E-state index is 4.96. The van der Waals surface area contributed by atoms with E-state index in [4.69, 9.17) is 9.97 Å². The van der Waals surface area contributed by atoms with Crippen molar-refractivity contribution in [1.29, 1.82) is 0 Å². The molecule has 0 saturated carbocycles. The number of fused-ring (bicyclic) bond motifs is 1. The van der Waals surface area contributed by atoms with E-state index in [1.165, 1.54) is 19.3 Å². The van der Waals surface area contributed by atoms with Crippen LogP contribution in [0.1, 0.15) is 19.3 Å². The predicted octanol–water partition coefficient (Wildman–Crippen LogP) is 2.77. The van der Waals surface area contributed by atoms with Crippen LogP contribution in [-0.4, -0.2) is 40.6 Å². The van der Waals surface area contributed by atoms with Gasteiger partial charge in [-0.25, -0.2) is 9.97 Å². The Hall–Kier alpha value is -2.57. The first-order valence-corrected chi connectivity index (χ1v) is 9.79. The van der Waals surface area contributed by atoms with Gasteiger partial charge in [-0.05, 0) is 49.4 Å². The zero-order valence-electron chi connectivity index (χ0n) is 15.3. The molecule has 0 spiro atoms. The van der Waals surface area contributed by atoms with Gasteiger partial charge in [0.05, 0.1) is 5.52 Å². The number of anilines is 1. The van der Waals surface area contributed by atoms with Crippen molar-refractivity contribution in [3.05, 3.63) is 48.8 Å². The molecule has 5 rings (SSSR count). The Labute approximate surface area is 159 Å². The van der Waals surface area contributed by atoms with Gasteiger partial charge in [-0.3, -0.25) is 15.8 Å². The quantitative estimate of drug-likeness (QED) is 0.749. The first-order valence-electron chi connectivity index (χ1n) is 9.79. The first-order chi connectivity index (χ1) is 13.4. The monoisotopic (exact) mass is 360 g/mol. The molecule has 3 aromatic rings. The summed E-state index contributed by atoms with van der Waals surface area (Å²) < 4.78 is 0. The Kier molecular flexibility index (Phi) is 4.43. The van der Waals surface area contributed by atoms with Crippen LogP contribution in [0.3, 0.4) is 0 Å². The summed E-state index contributed by atoms with van der Waals surface area (Å²) in [6, 6.07) is 12.9. The van der Waals surface area contributed by atoms with E-state index in [-0.39, 0.29) is 0 Å². The SMILES string of the molecule is c1cncc(-c2nc(N3CCC(C4CCNN4)CC3)c3ccccc3n2)c1. The number of hydrogen-bond donors (Lipinski definition) is 2. The lowest BCUT2D eigenvalue weighted by Crippen LogP contribution is -2.43. The predicted molar refractivity (Wildman–Crippen MR) is 107 cm³/mol. The van der Waals surface area contributed by atoms with E-state index in [1.54, 1.807) is 6.20 Å². The molecule has 27 heavy (non-hydrogen) atoms. The van der Waals surface area contributed by atoms with E-state index >= 15 is 0 Å². The van der Waals surface area contributed by atoms with Crippen molar-refractivity contribution < 1.29 is 0 Å². The average molecular weight is 360 g/mol. The molecule has 1 atom stereocenters. The Morgan fingerprint density at radius 3 is 2.63 bits per heavy atom. The summed E-state index contributed by atoms with van der Waals surface area (Å²) in [5.41, 5.74) is 8.66. The van der Waals surface area contributed by atoms with Crippen molar-refractivity contribution in [2.24, 2.45) is 5.92 Å². The topological polar surface area (TPSA) is 66.0 Å². The van der Waals surface area contributed by atoms with Gasteiger partial charge in [0.1, 0.15) is 5.82 Å². The maximum Gasteiger partial charge on any atom is 0.163 e. The highest BCUT2D eigenvalue weighted by Crippen LogP contribution is 2.31. The number of pyridine rings is 1. The third-order valence-electron chi connectivity index (χ3n) is 5.78. The lowest BCUT2D eigenvalue weighted by Gasteiger charge is -2.35. The van der Waals surface area contributed by atoms with Crippen LogP contribution in [-0.2, 0) is 0 Å². The Morgan fingerprint density at radius 1 is 0.963 bits per heavy atom. The van der Waals surface area contributed by atoms with E-state index < -0.39 is 0 Å². The summed E-state index contributed by atoms with van der Waals surface area (Å²) in [5, 5.41) is 1.13. The van der Waals surface area contributed by atoms with Crippen molar-refractivity contribution in [1.82, 2.24) is 25.8 Å². The largest absolute Gasteiger partial charge is 0.356 e. The van der Waals surface area contributed by atoms with E-state index in [1.807, 2.05) is 24.4 Å². The zero-order chi connectivity index (χ0) is 18.1. The molecule has 138 valence electrons. The Balaban J connectivity index is 1.47. The number of hydrazine groups is 1. The molecule has 4 heterocycles. The van der Waals surface area contributed by atoms with Gasteiger partial charge in [-0.15, -0.1) is 0 Å². The highest BCUT2D eigenvalue weighted by Gasteiger charge is 2.29. The molecule has 0 amide bonds. The first kappa shape index (κ1) is 16.6. The van der Waals surface area contributed by atoms with Gasteiger partial charge in [-0.2, -0.15) is 0 Å². The third-order valence-corrected chi connectivity index (χ3v) is 5.78. The second kappa shape index (κ2) is 7.21. The molecule has 1 unspecified atom stereocenters. The average Bonchev–Trinajstić information content (AvgIpc) is 3.29. The fourth-order valence-electron chi connectivity index (χ4n) is 4.30. The molecular weight excluding hydrogens is 336 g/mol. The van der Waals surface area contributed by atoms with Crippen LogP contribution in [0.5, 0.6) is 0 Å². The standard InChI is InChI=1S/C21H24N6/c1-2-6-19-17(5-1)21(25-20(24-19)16-4-3-10-22-14-16)27-12-8-15(9-13-27)18-7-11-23-26-18/h1-6,10,14-15,18,23,26H,7-9,11-13H2. The van der Waals surface area contributed by atoms with E-state index in [0.29, 0.717) is 6.04 Å². The summed E-state index contributed by atoms with van der Waals surface area (Å²) in [6.45, 7) is 3.16. The maximum absolute atomic E-state index is 4.96. The lowest BCUT2D eigenvalue weighted by molar-refractivity contribution is 0.310. The van der Waals surface area contributed by atoms with Gasteiger partial charge in [0.2, 0.25) is 0 Å². The molecule has 2 saturated heterocycles. The highest BCUT2D eigenvalue weighted by atomic mass is 15.4. The number of aromatic nitrogens is 3. The number of benzene rings is 1. The Bertz CT molecular complexity index is 914. The number of piperidine rings is 1. The molecule has 6 heteroatoms. The molecule has 0 bridgehead atoms. The van der Waals surface area contributed by atoms with Gasteiger partial charge in [-0.1, -0.05) is 12.1 Å². The van der Waals surface area contributed by atoms with Crippen molar-refractivity contribution >= 4 is 16.7 Å². The van der Waals surface area contributed by atoms with E-state index in [0.717, 1.165) is 53.7 Å². The van der Waals surface area contributed by atoms with Crippen molar-refractivity contribution in [2.45, 2.75) is 25.3 Å². The molecule has 2 fully saturated rings. The fourth-order valence-corrected chi connectivity index (χ4v) is 4.30. The zero-order valence-corrected chi connectivity index (χ0v) is 15.3. The number of nitrogens with zero attached hydrogens (tertiary/aromatic N) is 4. The molecule has 2 aliphatic rings. The van der Waals surface area contributed by atoms with Crippen molar-refractivity contribution in [3.63, 3.8) is 0 Å². The Morgan fingerprint density at radius 2 is 1.85 bits per heavy atom. The number of rotatable bonds is 3. The van der Waals surface area contributed by atoms with Crippen LogP contribution in [0.2, 0.25) is 0 Å². The number of para-hydroxylation sites is 1. The summed E-state index contributed by atoms with van der Waals surface area (Å²) in [7, 11) is 0. The second-order valence-electron chi connectivity index (χ2n) is 7.42. The third kappa shape index (κ3) is 3.26. The minimum absolute atomic E-state index is 0.611. The normalized spacial score (nSPS) is 21.0. The molecule has 1 aromatic carbocycles. The van der Waals surface area contributed by atoms with Crippen molar-refractivity contribution in [3.8, 4) is 11.4 Å². The van der Waals surface area contributed by atoms with Crippen LogP contribution in [0.4, 0.5) is 5.82 Å². The van der Waals surface area contributed by atoms with Gasteiger partial charge in [0.25, 0.3) is 0 Å². The fraction of sp³-hybridized carbons (Fsp3) is 0.381. The molecule has 2 N–H and O–H groups in total. The van der Waals surface area contributed by atoms with E-state index in [9.17, 15) is 0 Å². The minimum atomic E-state index is 0.611. The van der Waals surface area contributed by atoms with Crippen LogP contribution >= 0.6 is 0 Å². The minimum Gasteiger partial charge on any atom is -0.356 e. The van der Waals surface area contributed by atoms with Gasteiger partial charge in [0, 0.05) is 49.0 Å². The second-order valence-corrected chi connectivity index (χ2v) is 7.42. The summed E-state index contributed by atoms with van der Waals surface area (Å²) in [4.78, 5) is 16.4.